The van der Waals surface area contributed by atoms with Crippen LogP contribution < -0.4 is 20.3 Å². The number of fused-ring (bicyclic) bond motifs is 1. The van der Waals surface area contributed by atoms with Crippen LogP contribution in [0.2, 0.25) is 0 Å². The Hall–Kier alpha value is -2.69. The first-order valence-corrected chi connectivity index (χ1v) is 8.87. The fraction of sp³-hybridized carbons (Fsp3) is 0.350. The molecule has 0 aromatic heterocycles. The minimum absolute atomic E-state index is 0.211. The summed E-state index contributed by atoms with van der Waals surface area (Å²) in [7, 11) is 0. The number of ether oxygens (including phenoxy) is 1. The van der Waals surface area contributed by atoms with Gasteiger partial charge in [-0.3, -0.25) is 0 Å². The molecule has 0 aliphatic carbocycles. The highest BCUT2D eigenvalue weighted by Gasteiger charge is 2.16. The molecule has 2 aromatic rings. The minimum Gasteiger partial charge on any atom is -0.492 e. The van der Waals surface area contributed by atoms with Crippen LogP contribution >= 0.6 is 0 Å². The van der Waals surface area contributed by atoms with Gasteiger partial charge in [0.05, 0.1) is 12.3 Å². The molecule has 2 aromatic carbocycles. The van der Waals surface area contributed by atoms with Crippen LogP contribution in [0.5, 0.6) is 5.75 Å². The summed E-state index contributed by atoms with van der Waals surface area (Å²) in [6.07, 6.45) is 2.29. The molecular formula is C20H25N3O2. The van der Waals surface area contributed by atoms with Gasteiger partial charge >= 0.3 is 6.03 Å². The highest BCUT2D eigenvalue weighted by atomic mass is 16.5. The molecule has 0 radical (unpaired) electrons. The van der Waals surface area contributed by atoms with Gasteiger partial charge in [0.15, 0.2) is 0 Å². The number of urea groups is 1. The average molecular weight is 339 g/mol. The molecule has 3 rings (SSSR count). The third kappa shape index (κ3) is 4.44. The molecule has 0 fully saturated rings. The summed E-state index contributed by atoms with van der Waals surface area (Å²) in [5, 5.41) is 5.79. The van der Waals surface area contributed by atoms with Crippen LogP contribution in [0.3, 0.4) is 0 Å². The van der Waals surface area contributed by atoms with Crippen LogP contribution in [0.15, 0.2) is 48.5 Å². The second-order valence-electron chi connectivity index (χ2n) is 6.03. The number of nitrogens with one attached hydrogen (secondary N) is 2. The molecule has 132 valence electrons. The van der Waals surface area contributed by atoms with E-state index in [4.69, 9.17) is 4.74 Å². The van der Waals surface area contributed by atoms with Crippen molar-refractivity contribution in [2.75, 3.05) is 36.5 Å². The Bertz CT molecular complexity index is 718. The van der Waals surface area contributed by atoms with Gasteiger partial charge in [-0.1, -0.05) is 30.3 Å². The van der Waals surface area contributed by atoms with E-state index >= 15 is 0 Å². The number of carbonyl (C=O) groups is 1. The van der Waals surface area contributed by atoms with E-state index in [1.807, 2.05) is 31.2 Å². The summed E-state index contributed by atoms with van der Waals surface area (Å²) in [5.41, 5.74) is 3.37. The molecule has 1 heterocycles. The first kappa shape index (κ1) is 17.1. The van der Waals surface area contributed by atoms with E-state index in [0.717, 1.165) is 25.9 Å². The Morgan fingerprint density at radius 3 is 2.84 bits per heavy atom. The lowest BCUT2D eigenvalue weighted by Gasteiger charge is -2.31. The van der Waals surface area contributed by atoms with Crippen molar-refractivity contribution in [3.63, 3.8) is 0 Å². The normalized spacial score (nSPS) is 13.1. The quantitative estimate of drug-likeness (QED) is 0.844. The van der Waals surface area contributed by atoms with Crippen molar-refractivity contribution in [3.8, 4) is 5.75 Å². The van der Waals surface area contributed by atoms with Gasteiger partial charge in [-0.2, -0.15) is 0 Å². The van der Waals surface area contributed by atoms with Gasteiger partial charge in [-0.05, 0) is 43.5 Å². The van der Waals surface area contributed by atoms with Gasteiger partial charge in [0, 0.05) is 25.3 Å². The van der Waals surface area contributed by atoms with Crippen LogP contribution in [-0.2, 0) is 6.42 Å². The number of rotatable bonds is 6. The molecule has 0 atom stereocenters. The maximum absolute atomic E-state index is 12.2. The molecule has 2 amide bonds. The maximum atomic E-state index is 12.2. The van der Waals surface area contributed by atoms with Gasteiger partial charge in [-0.25, -0.2) is 4.79 Å². The van der Waals surface area contributed by atoms with E-state index in [1.165, 1.54) is 11.3 Å². The Balaban J connectivity index is 1.51. The van der Waals surface area contributed by atoms with Gasteiger partial charge in [0.25, 0.3) is 0 Å². The Kier molecular flexibility index (Phi) is 5.77. The number of para-hydroxylation sites is 3. The van der Waals surface area contributed by atoms with Gasteiger partial charge in [0.1, 0.15) is 5.75 Å². The maximum Gasteiger partial charge on any atom is 0.319 e. The summed E-state index contributed by atoms with van der Waals surface area (Å²) in [6.45, 7) is 4.92. The second-order valence-corrected chi connectivity index (χ2v) is 6.03. The van der Waals surface area contributed by atoms with E-state index in [0.29, 0.717) is 24.6 Å². The standard InChI is InChI=1S/C20H25N3O2/c1-2-25-19-12-6-4-10-17(19)22-20(24)21-13-15-23-14-7-9-16-8-3-5-11-18(16)23/h3-6,8,10-12H,2,7,9,13-15H2,1H3,(H2,21,22,24). The minimum atomic E-state index is -0.211. The first-order chi connectivity index (χ1) is 12.3. The molecule has 1 aliphatic rings. The molecule has 5 heteroatoms. The number of hydrogen-bond acceptors (Lipinski definition) is 3. The van der Waals surface area contributed by atoms with Crippen molar-refractivity contribution in [2.45, 2.75) is 19.8 Å². The molecular weight excluding hydrogens is 314 g/mol. The van der Waals surface area contributed by atoms with E-state index in [2.05, 4.69) is 39.8 Å². The predicted octanol–water partition coefficient (Wildman–Crippen LogP) is 3.66. The third-order valence-corrected chi connectivity index (χ3v) is 4.31. The van der Waals surface area contributed by atoms with Crippen LogP contribution in [0.1, 0.15) is 18.9 Å². The fourth-order valence-corrected chi connectivity index (χ4v) is 3.17. The zero-order valence-corrected chi connectivity index (χ0v) is 14.6. The molecule has 2 N–H and O–H groups in total. The molecule has 0 bridgehead atoms. The monoisotopic (exact) mass is 339 g/mol. The molecule has 0 saturated heterocycles. The van der Waals surface area contributed by atoms with Gasteiger partial charge in [0.2, 0.25) is 0 Å². The molecule has 0 unspecified atom stereocenters. The van der Waals surface area contributed by atoms with E-state index in [1.54, 1.807) is 0 Å². The van der Waals surface area contributed by atoms with E-state index < -0.39 is 0 Å². The van der Waals surface area contributed by atoms with Crippen molar-refractivity contribution in [1.82, 2.24) is 5.32 Å². The number of anilines is 2. The van der Waals surface area contributed by atoms with Crippen LogP contribution in [-0.4, -0.2) is 32.3 Å². The topological polar surface area (TPSA) is 53.6 Å². The van der Waals surface area contributed by atoms with Crippen molar-refractivity contribution >= 4 is 17.4 Å². The van der Waals surface area contributed by atoms with Crippen molar-refractivity contribution < 1.29 is 9.53 Å². The molecule has 0 saturated carbocycles. The van der Waals surface area contributed by atoms with Crippen LogP contribution in [0.25, 0.3) is 0 Å². The average Bonchev–Trinajstić information content (AvgIpc) is 2.64. The molecule has 25 heavy (non-hydrogen) atoms. The number of carbonyl (C=O) groups excluding carboxylic acids is 1. The lowest BCUT2D eigenvalue weighted by molar-refractivity contribution is 0.252. The zero-order valence-electron chi connectivity index (χ0n) is 14.6. The zero-order chi connectivity index (χ0) is 17.5. The smallest absolute Gasteiger partial charge is 0.319 e. The third-order valence-electron chi connectivity index (χ3n) is 4.31. The Morgan fingerprint density at radius 2 is 1.96 bits per heavy atom. The molecule has 0 spiro atoms. The van der Waals surface area contributed by atoms with E-state index in [9.17, 15) is 4.79 Å². The largest absolute Gasteiger partial charge is 0.492 e. The molecule has 1 aliphatic heterocycles. The first-order valence-electron chi connectivity index (χ1n) is 8.87. The number of amides is 2. The number of hydrogen-bond donors (Lipinski definition) is 2. The highest BCUT2D eigenvalue weighted by molar-refractivity contribution is 5.90. The number of nitrogens with zero attached hydrogens (tertiary/aromatic N) is 1. The second kappa shape index (κ2) is 8.42. The lowest BCUT2D eigenvalue weighted by Crippen LogP contribution is -2.39. The van der Waals surface area contributed by atoms with Crippen LogP contribution in [0, 0.1) is 0 Å². The molecule has 5 nitrogen and oxygen atoms in total. The highest BCUT2D eigenvalue weighted by Crippen LogP contribution is 2.26. The predicted molar refractivity (Wildman–Crippen MR) is 102 cm³/mol. The Labute approximate surface area is 149 Å². The van der Waals surface area contributed by atoms with Gasteiger partial charge in [-0.15, -0.1) is 0 Å². The number of aryl methyl sites for hydroxylation is 1. The van der Waals surface area contributed by atoms with Gasteiger partial charge < -0.3 is 20.3 Å². The van der Waals surface area contributed by atoms with Crippen molar-refractivity contribution in [3.05, 3.63) is 54.1 Å². The number of benzene rings is 2. The van der Waals surface area contributed by atoms with E-state index in [-0.39, 0.29) is 6.03 Å². The fourth-order valence-electron chi connectivity index (χ4n) is 3.17. The summed E-state index contributed by atoms with van der Waals surface area (Å²) >= 11 is 0. The van der Waals surface area contributed by atoms with Crippen molar-refractivity contribution in [1.29, 1.82) is 0 Å². The van der Waals surface area contributed by atoms with Crippen LogP contribution in [0.4, 0.5) is 16.2 Å². The summed E-state index contributed by atoms with van der Waals surface area (Å²) in [4.78, 5) is 14.5. The summed E-state index contributed by atoms with van der Waals surface area (Å²) in [6, 6.07) is 15.8. The summed E-state index contributed by atoms with van der Waals surface area (Å²) in [5.74, 6) is 0.685. The Morgan fingerprint density at radius 1 is 1.16 bits per heavy atom. The lowest BCUT2D eigenvalue weighted by atomic mass is 10.0. The van der Waals surface area contributed by atoms with Crippen molar-refractivity contribution in [2.24, 2.45) is 0 Å². The SMILES string of the molecule is CCOc1ccccc1NC(=O)NCCN1CCCc2ccccc21. The summed E-state index contributed by atoms with van der Waals surface area (Å²) < 4.78 is 5.53.